The minimum atomic E-state index is -0.299. The van der Waals surface area contributed by atoms with Crippen LogP contribution < -0.4 is 10.6 Å². The summed E-state index contributed by atoms with van der Waals surface area (Å²) in [5, 5.41) is 5.83. The second-order valence-electron chi connectivity index (χ2n) is 4.18. The molecule has 2 rings (SSSR count). The summed E-state index contributed by atoms with van der Waals surface area (Å²) in [6, 6.07) is 13.1. The van der Waals surface area contributed by atoms with Crippen LogP contribution in [0.1, 0.15) is 10.4 Å². The van der Waals surface area contributed by atoms with E-state index in [-0.39, 0.29) is 11.7 Å². The van der Waals surface area contributed by atoms with Crippen LogP contribution in [0.4, 0.5) is 15.8 Å². The number of hydrogen-bond acceptors (Lipinski definition) is 2. The van der Waals surface area contributed by atoms with E-state index in [4.69, 9.17) is 0 Å². The first-order chi connectivity index (χ1) is 9.70. The molecule has 0 aliphatic rings. The van der Waals surface area contributed by atoms with E-state index in [1.807, 2.05) is 6.07 Å². The molecule has 102 valence electrons. The number of halogens is 1. The molecule has 0 bridgehead atoms. The van der Waals surface area contributed by atoms with Crippen LogP contribution in [-0.2, 0) is 0 Å². The lowest BCUT2D eigenvalue weighted by Gasteiger charge is -2.11. The van der Waals surface area contributed by atoms with Crippen molar-refractivity contribution in [2.45, 2.75) is 0 Å². The van der Waals surface area contributed by atoms with Crippen molar-refractivity contribution in [3.63, 3.8) is 0 Å². The van der Waals surface area contributed by atoms with Crippen LogP contribution in [-0.4, -0.2) is 12.5 Å². The minimum absolute atomic E-state index is 0.185. The van der Waals surface area contributed by atoms with Gasteiger partial charge in [-0.05, 0) is 36.4 Å². The topological polar surface area (TPSA) is 41.1 Å². The number of benzene rings is 2. The lowest BCUT2D eigenvalue weighted by atomic mass is 10.1. The summed E-state index contributed by atoms with van der Waals surface area (Å²) in [5.41, 5.74) is 1.91. The smallest absolute Gasteiger partial charge is 0.253 e. The summed E-state index contributed by atoms with van der Waals surface area (Å²) in [7, 11) is 0. The highest BCUT2D eigenvalue weighted by Crippen LogP contribution is 2.21. The molecule has 0 fully saturated rings. The van der Waals surface area contributed by atoms with Gasteiger partial charge in [0.2, 0.25) is 0 Å². The van der Waals surface area contributed by atoms with Crippen molar-refractivity contribution in [1.29, 1.82) is 0 Å². The lowest BCUT2D eigenvalue weighted by molar-refractivity contribution is 0.0959. The molecular weight excluding hydrogens is 255 g/mol. The number of anilines is 2. The molecule has 0 aliphatic carbocycles. The van der Waals surface area contributed by atoms with Crippen molar-refractivity contribution < 1.29 is 9.18 Å². The summed E-state index contributed by atoms with van der Waals surface area (Å²) < 4.78 is 12.9. The van der Waals surface area contributed by atoms with E-state index in [9.17, 15) is 9.18 Å². The number of nitrogens with one attached hydrogen (secondary N) is 2. The second-order valence-corrected chi connectivity index (χ2v) is 4.18. The maximum Gasteiger partial charge on any atom is 0.253 e. The first-order valence-corrected chi connectivity index (χ1v) is 6.21. The van der Waals surface area contributed by atoms with Crippen LogP contribution in [0.3, 0.4) is 0 Å². The third-order valence-corrected chi connectivity index (χ3v) is 2.70. The number of hydrogen-bond donors (Lipinski definition) is 2. The maximum absolute atomic E-state index is 12.9. The van der Waals surface area contributed by atoms with Crippen LogP contribution in [0.2, 0.25) is 0 Å². The van der Waals surface area contributed by atoms with Crippen LogP contribution in [0.15, 0.2) is 61.2 Å². The number of para-hydroxylation sites is 1. The van der Waals surface area contributed by atoms with Crippen LogP contribution >= 0.6 is 0 Å². The van der Waals surface area contributed by atoms with Gasteiger partial charge in [-0.15, -0.1) is 6.58 Å². The van der Waals surface area contributed by atoms with Crippen LogP contribution in [0.5, 0.6) is 0 Å². The molecule has 0 spiro atoms. The first kappa shape index (κ1) is 13.8. The molecule has 0 saturated carbocycles. The molecule has 4 heteroatoms. The molecule has 0 radical (unpaired) electrons. The highest BCUT2D eigenvalue weighted by molar-refractivity contribution is 6.00. The molecule has 0 unspecified atom stereocenters. The Labute approximate surface area is 117 Å². The Morgan fingerprint density at radius 2 is 1.85 bits per heavy atom. The van der Waals surface area contributed by atoms with Gasteiger partial charge in [0.1, 0.15) is 5.82 Å². The molecule has 2 aromatic rings. The van der Waals surface area contributed by atoms with Crippen molar-refractivity contribution >= 4 is 17.3 Å². The van der Waals surface area contributed by atoms with Gasteiger partial charge in [-0.2, -0.15) is 0 Å². The van der Waals surface area contributed by atoms with Gasteiger partial charge >= 0.3 is 0 Å². The summed E-state index contributed by atoms with van der Waals surface area (Å²) >= 11 is 0. The SMILES string of the molecule is C=CCNC(=O)c1ccccc1Nc1ccc(F)cc1. The fourth-order valence-electron chi connectivity index (χ4n) is 1.74. The van der Waals surface area contributed by atoms with Crippen LogP contribution in [0.25, 0.3) is 0 Å². The van der Waals surface area contributed by atoms with Crippen molar-refractivity contribution in [2.24, 2.45) is 0 Å². The molecule has 2 aromatic carbocycles. The zero-order valence-corrected chi connectivity index (χ0v) is 10.9. The summed E-state index contributed by atoms with van der Waals surface area (Å²) in [6.07, 6.45) is 1.62. The van der Waals surface area contributed by atoms with Gasteiger partial charge in [0.25, 0.3) is 5.91 Å². The second kappa shape index (κ2) is 6.52. The molecule has 1 amide bonds. The summed E-state index contributed by atoms with van der Waals surface area (Å²) in [4.78, 5) is 12.0. The number of amides is 1. The normalized spacial score (nSPS) is 9.85. The van der Waals surface area contributed by atoms with Gasteiger partial charge in [-0.25, -0.2) is 4.39 Å². The molecule has 0 aliphatic heterocycles. The third kappa shape index (κ3) is 3.45. The van der Waals surface area contributed by atoms with Gasteiger partial charge in [0, 0.05) is 12.2 Å². The van der Waals surface area contributed by atoms with E-state index in [2.05, 4.69) is 17.2 Å². The van der Waals surface area contributed by atoms with Crippen molar-refractivity contribution in [3.05, 3.63) is 72.6 Å². The predicted molar refractivity (Wildman–Crippen MR) is 78.7 cm³/mol. The highest BCUT2D eigenvalue weighted by Gasteiger charge is 2.09. The van der Waals surface area contributed by atoms with Gasteiger partial charge in [-0.1, -0.05) is 18.2 Å². The monoisotopic (exact) mass is 270 g/mol. The Morgan fingerprint density at radius 3 is 2.55 bits per heavy atom. The van der Waals surface area contributed by atoms with Gasteiger partial charge in [-0.3, -0.25) is 4.79 Å². The van der Waals surface area contributed by atoms with E-state index in [0.29, 0.717) is 17.8 Å². The van der Waals surface area contributed by atoms with Gasteiger partial charge in [0.15, 0.2) is 0 Å². The summed E-state index contributed by atoms with van der Waals surface area (Å²) in [6.45, 7) is 3.97. The Bertz CT molecular complexity index is 608. The first-order valence-electron chi connectivity index (χ1n) is 6.21. The number of carbonyl (C=O) groups excluding carboxylic acids is 1. The fraction of sp³-hybridized carbons (Fsp3) is 0.0625. The largest absolute Gasteiger partial charge is 0.355 e. The minimum Gasteiger partial charge on any atom is -0.355 e. The van der Waals surface area contributed by atoms with Crippen molar-refractivity contribution in [3.8, 4) is 0 Å². The van der Waals surface area contributed by atoms with E-state index in [1.54, 1.807) is 36.4 Å². The zero-order chi connectivity index (χ0) is 14.4. The maximum atomic E-state index is 12.9. The standard InChI is InChI=1S/C16H15FN2O/c1-2-11-18-16(20)14-5-3-4-6-15(14)19-13-9-7-12(17)8-10-13/h2-10,19H,1,11H2,(H,18,20). The Morgan fingerprint density at radius 1 is 1.15 bits per heavy atom. The quantitative estimate of drug-likeness (QED) is 0.817. The van der Waals surface area contributed by atoms with E-state index in [1.165, 1.54) is 12.1 Å². The van der Waals surface area contributed by atoms with E-state index < -0.39 is 0 Å². The highest BCUT2D eigenvalue weighted by atomic mass is 19.1. The fourth-order valence-corrected chi connectivity index (χ4v) is 1.74. The zero-order valence-electron chi connectivity index (χ0n) is 10.9. The number of carbonyl (C=O) groups is 1. The lowest BCUT2D eigenvalue weighted by Crippen LogP contribution is -2.23. The molecular formula is C16H15FN2O. The molecule has 0 heterocycles. The average Bonchev–Trinajstić information content (AvgIpc) is 2.48. The molecule has 20 heavy (non-hydrogen) atoms. The van der Waals surface area contributed by atoms with Gasteiger partial charge < -0.3 is 10.6 Å². The van der Waals surface area contributed by atoms with E-state index in [0.717, 1.165) is 5.69 Å². The molecule has 0 saturated heterocycles. The predicted octanol–water partition coefficient (Wildman–Crippen LogP) is 3.49. The third-order valence-electron chi connectivity index (χ3n) is 2.70. The Kier molecular flexibility index (Phi) is 4.50. The molecule has 0 aromatic heterocycles. The number of rotatable bonds is 5. The van der Waals surface area contributed by atoms with Crippen molar-refractivity contribution in [1.82, 2.24) is 5.32 Å². The summed E-state index contributed by atoms with van der Waals surface area (Å²) in [5.74, 6) is -0.484. The molecule has 3 nitrogen and oxygen atoms in total. The Balaban J connectivity index is 2.21. The molecule has 0 atom stereocenters. The average molecular weight is 270 g/mol. The van der Waals surface area contributed by atoms with E-state index >= 15 is 0 Å². The van der Waals surface area contributed by atoms with Gasteiger partial charge in [0.05, 0.1) is 11.3 Å². The molecule has 2 N–H and O–H groups in total. The Hall–Kier alpha value is -2.62. The van der Waals surface area contributed by atoms with Crippen molar-refractivity contribution in [2.75, 3.05) is 11.9 Å². The van der Waals surface area contributed by atoms with Crippen LogP contribution in [0, 0.1) is 5.82 Å².